The summed E-state index contributed by atoms with van der Waals surface area (Å²) in [5.41, 5.74) is 3.72. The van der Waals surface area contributed by atoms with Gasteiger partial charge in [0.15, 0.2) is 0 Å². The van der Waals surface area contributed by atoms with E-state index in [0.29, 0.717) is 35.9 Å². The smallest absolute Gasteiger partial charge is 0.311 e. The molecule has 1 fully saturated rings. The molecule has 11 nitrogen and oxygen atoms in total. The minimum atomic E-state index is -3.86. The third-order valence-electron chi connectivity index (χ3n) is 9.11. The van der Waals surface area contributed by atoms with Crippen molar-refractivity contribution in [3.05, 3.63) is 47.5 Å². The largest absolute Gasteiger partial charge is 0.346 e. The van der Waals surface area contributed by atoms with Gasteiger partial charge in [0.1, 0.15) is 5.78 Å². The van der Waals surface area contributed by atoms with E-state index < -0.39 is 37.1 Å². The summed E-state index contributed by atoms with van der Waals surface area (Å²) in [7, 11) is -1.33. The number of nitrogens with zero attached hydrogens (tertiary/aromatic N) is 2. The van der Waals surface area contributed by atoms with Crippen molar-refractivity contribution in [1.82, 2.24) is 20.7 Å². The number of benzene rings is 2. The number of amides is 4. The van der Waals surface area contributed by atoms with Crippen LogP contribution in [0.1, 0.15) is 112 Å². The molecule has 0 bridgehead atoms. The molecule has 4 rings (SSSR count). The van der Waals surface area contributed by atoms with Crippen LogP contribution >= 0.6 is 7.60 Å². The highest BCUT2D eigenvalue weighted by atomic mass is 31.2. The molecule has 12 heteroatoms. The first-order valence-corrected chi connectivity index (χ1v) is 18.7. The Balaban J connectivity index is 1.53. The molecule has 2 atom stereocenters. The highest BCUT2D eigenvalue weighted by molar-refractivity contribution is 7.54. The van der Waals surface area contributed by atoms with Gasteiger partial charge in [-0.05, 0) is 49.1 Å². The molecule has 0 radical (unpaired) electrons. The predicted octanol–water partition coefficient (Wildman–Crippen LogP) is 6.42. The van der Waals surface area contributed by atoms with Gasteiger partial charge in [0.25, 0.3) is 17.7 Å². The zero-order chi connectivity index (χ0) is 34.0. The van der Waals surface area contributed by atoms with Crippen LogP contribution in [-0.2, 0) is 23.2 Å². The number of carbonyl (C=O) groups is 4. The molecule has 0 aliphatic carbocycles. The summed E-state index contributed by atoms with van der Waals surface area (Å²) in [6.45, 7) is 4.27. The minimum Gasteiger partial charge on any atom is -0.311 e. The van der Waals surface area contributed by atoms with Gasteiger partial charge in [0, 0.05) is 50.2 Å². The summed E-state index contributed by atoms with van der Waals surface area (Å²) in [6, 6.07) is 9.81. The van der Waals surface area contributed by atoms with Crippen LogP contribution in [0.25, 0.3) is 10.8 Å². The monoisotopic (exact) mass is 670 g/mol. The van der Waals surface area contributed by atoms with E-state index in [2.05, 4.69) is 10.7 Å². The lowest BCUT2D eigenvalue weighted by molar-refractivity contribution is -0.142. The van der Waals surface area contributed by atoms with Crippen LogP contribution in [0.3, 0.4) is 0 Å². The van der Waals surface area contributed by atoms with Crippen LogP contribution in [0.15, 0.2) is 36.4 Å². The van der Waals surface area contributed by atoms with E-state index in [4.69, 9.17) is 9.05 Å². The van der Waals surface area contributed by atoms with E-state index in [-0.39, 0.29) is 24.8 Å². The second-order valence-corrected chi connectivity index (χ2v) is 15.4. The van der Waals surface area contributed by atoms with Gasteiger partial charge in [-0.15, -0.1) is 0 Å². The summed E-state index contributed by atoms with van der Waals surface area (Å²) < 4.78 is 24.6. The Hall–Kier alpha value is -3.11. The molecule has 1 unspecified atom stereocenters. The van der Waals surface area contributed by atoms with E-state index in [1.165, 1.54) is 38.5 Å². The van der Waals surface area contributed by atoms with E-state index in [9.17, 15) is 23.7 Å². The number of nitrogens with one attached hydrogen (secondary N) is 2. The summed E-state index contributed by atoms with van der Waals surface area (Å²) >= 11 is 0. The third-order valence-corrected chi connectivity index (χ3v) is 11.3. The topological polar surface area (TPSA) is 134 Å². The van der Waals surface area contributed by atoms with Crippen molar-refractivity contribution in [2.45, 2.75) is 103 Å². The zero-order valence-electron chi connectivity index (χ0n) is 28.3. The highest BCUT2D eigenvalue weighted by Gasteiger charge is 2.40. The molecule has 4 amide bonds. The molecule has 0 spiro atoms. The Bertz CT molecular complexity index is 1410. The van der Waals surface area contributed by atoms with Crippen LogP contribution in [0, 0.1) is 5.92 Å². The Morgan fingerprint density at radius 1 is 0.851 bits per heavy atom. The molecular formula is C35H51N4O7P. The van der Waals surface area contributed by atoms with Gasteiger partial charge in [-0.1, -0.05) is 83.1 Å². The van der Waals surface area contributed by atoms with Crippen LogP contribution in [0.5, 0.6) is 0 Å². The molecule has 258 valence electrons. The summed E-state index contributed by atoms with van der Waals surface area (Å²) in [4.78, 5) is 55.3. The number of hydrogen-bond donors (Lipinski definition) is 2. The first kappa shape index (κ1) is 36.7. The molecule has 0 saturated carbocycles. The number of carbonyl (C=O) groups excluding carboxylic acids is 4. The molecule has 0 aromatic heterocycles. The molecule has 2 aliphatic heterocycles. The molecule has 2 N–H and O–H groups in total. The molecule has 2 aliphatic rings. The van der Waals surface area contributed by atoms with E-state index in [1.807, 2.05) is 26.0 Å². The van der Waals surface area contributed by atoms with E-state index in [1.54, 1.807) is 24.3 Å². The first-order chi connectivity index (χ1) is 22.6. The lowest BCUT2D eigenvalue weighted by atomic mass is 9.94. The number of rotatable bonds is 12. The quantitative estimate of drug-likeness (QED) is 0.195. The van der Waals surface area contributed by atoms with Crippen molar-refractivity contribution in [3.63, 3.8) is 0 Å². The van der Waals surface area contributed by atoms with Crippen molar-refractivity contribution in [2.24, 2.45) is 5.92 Å². The number of hydrogen-bond acceptors (Lipinski definition) is 8. The Morgan fingerprint density at radius 2 is 1.40 bits per heavy atom. The summed E-state index contributed by atoms with van der Waals surface area (Å²) in [5, 5.41) is 6.07. The van der Waals surface area contributed by atoms with Gasteiger partial charge in [0.05, 0.1) is 6.04 Å². The molecule has 47 heavy (non-hydrogen) atoms. The Labute approximate surface area is 278 Å². The summed E-state index contributed by atoms with van der Waals surface area (Å²) in [5.74, 6) is -2.39. The maximum Gasteiger partial charge on any atom is 0.346 e. The lowest BCUT2D eigenvalue weighted by Gasteiger charge is -2.33. The average molecular weight is 671 g/mol. The fourth-order valence-corrected chi connectivity index (χ4v) is 7.98. The van der Waals surface area contributed by atoms with Crippen LogP contribution in [-0.4, -0.2) is 72.7 Å². The van der Waals surface area contributed by atoms with Crippen molar-refractivity contribution in [3.8, 4) is 0 Å². The predicted molar refractivity (Wildman–Crippen MR) is 182 cm³/mol. The Morgan fingerprint density at radius 3 is 1.96 bits per heavy atom. The lowest BCUT2D eigenvalue weighted by Crippen LogP contribution is -2.55. The molecule has 2 aromatic rings. The fourth-order valence-electron chi connectivity index (χ4n) is 6.52. The maximum absolute atomic E-state index is 13.9. The first-order valence-electron chi connectivity index (χ1n) is 17.1. The number of imide groups is 1. The van der Waals surface area contributed by atoms with Gasteiger partial charge < -0.3 is 9.05 Å². The average Bonchev–Trinajstić information content (AvgIpc) is 3.08. The second kappa shape index (κ2) is 17.3. The van der Waals surface area contributed by atoms with Crippen molar-refractivity contribution >= 4 is 42.0 Å². The van der Waals surface area contributed by atoms with E-state index in [0.717, 1.165) is 48.8 Å². The Kier molecular flexibility index (Phi) is 13.5. The standard InChI is InChI=1S/C35H51N4O7P/c1-25(2)24-29(33(41)37-39-22-13-11-9-7-5-6-8-10-12-20-31(39)40)36-30(47(44,45-3)46-4)21-23-38-34(42)27-18-14-16-26-17-15-19-28(32(26)27)35(38)43/h14-19,25,29-30,36H,5-13,20-24H2,1-4H3,(H,37,41)/t29?,30-/m0/s1. The van der Waals surface area contributed by atoms with Crippen molar-refractivity contribution in [2.75, 3.05) is 27.3 Å². The molecule has 2 aromatic carbocycles. The van der Waals surface area contributed by atoms with Gasteiger partial charge in [0.2, 0.25) is 5.91 Å². The van der Waals surface area contributed by atoms with Gasteiger partial charge in [-0.2, -0.15) is 0 Å². The number of hydrazine groups is 1. The van der Waals surface area contributed by atoms with Crippen LogP contribution in [0.4, 0.5) is 0 Å². The maximum atomic E-state index is 13.9. The molecule has 2 heterocycles. The molecule has 1 saturated heterocycles. The fraction of sp³-hybridized carbons (Fsp3) is 0.600. The minimum absolute atomic E-state index is 0.000892. The second-order valence-electron chi connectivity index (χ2n) is 13.0. The van der Waals surface area contributed by atoms with Gasteiger partial charge in [-0.3, -0.25) is 44.4 Å². The van der Waals surface area contributed by atoms with Crippen LogP contribution in [0.2, 0.25) is 0 Å². The highest BCUT2D eigenvalue weighted by Crippen LogP contribution is 2.52. The van der Waals surface area contributed by atoms with Crippen molar-refractivity contribution < 1.29 is 32.8 Å². The van der Waals surface area contributed by atoms with Crippen LogP contribution < -0.4 is 10.7 Å². The molecular weight excluding hydrogens is 619 g/mol. The third kappa shape index (κ3) is 9.28. The summed E-state index contributed by atoms with van der Waals surface area (Å²) in [6.07, 6.45) is 10.1. The van der Waals surface area contributed by atoms with E-state index >= 15 is 0 Å². The zero-order valence-corrected chi connectivity index (χ0v) is 29.2. The van der Waals surface area contributed by atoms with Gasteiger partial charge >= 0.3 is 7.60 Å². The van der Waals surface area contributed by atoms with Crippen molar-refractivity contribution in [1.29, 1.82) is 0 Å². The normalized spacial score (nSPS) is 18.4. The van der Waals surface area contributed by atoms with Gasteiger partial charge in [-0.25, -0.2) is 0 Å². The SMILES string of the molecule is COP(=O)(OC)[C@@H](CCN1C(=O)c2cccc3cccc(c23)C1=O)NC(CC(C)C)C(=O)NN1CCCCCCCCCCCC1=O.